The zero-order chi connectivity index (χ0) is 17.2. The molecule has 1 aliphatic rings. The number of methoxy groups -OCH3 is 2. The van der Waals surface area contributed by atoms with Crippen molar-refractivity contribution in [3.05, 3.63) is 23.8 Å². The molecule has 1 aromatic rings. The number of ether oxygens (including phenoxy) is 2. The van der Waals surface area contributed by atoms with Crippen molar-refractivity contribution < 1.29 is 14.3 Å². The zero-order valence-corrected chi connectivity index (χ0v) is 14.9. The lowest BCUT2D eigenvalue weighted by Crippen LogP contribution is -2.40. The molecule has 134 valence electrons. The molecule has 0 aliphatic heterocycles. The minimum absolute atomic E-state index is 0.106. The molecule has 5 nitrogen and oxygen atoms in total. The van der Waals surface area contributed by atoms with Crippen LogP contribution < -0.4 is 20.1 Å². The molecular weight excluding hydrogens is 304 g/mol. The molecule has 1 aromatic carbocycles. The Morgan fingerprint density at radius 2 is 1.79 bits per heavy atom. The third-order valence-corrected chi connectivity index (χ3v) is 4.54. The standard InChI is InChI=1S/C19H30N2O3/c1-23-17-10-9-15(13-18(17)24-2)11-12-20-14-19(22)21-16-7-5-3-4-6-8-16/h9-10,13,16,20H,3-8,11-12,14H2,1-2H3,(H,21,22). The van der Waals surface area contributed by atoms with Gasteiger partial charge >= 0.3 is 0 Å². The molecule has 5 heteroatoms. The Kier molecular flexibility index (Phi) is 7.89. The summed E-state index contributed by atoms with van der Waals surface area (Å²) in [5, 5.41) is 6.37. The molecule has 0 aromatic heterocycles. The summed E-state index contributed by atoms with van der Waals surface area (Å²) in [6.07, 6.45) is 8.16. The van der Waals surface area contributed by atoms with Crippen molar-refractivity contribution in [2.75, 3.05) is 27.3 Å². The number of carbonyl (C=O) groups excluding carboxylic acids is 1. The summed E-state index contributed by atoms with van der Waals surface area (Å²) >= 11 is 0. The van der Waals surface area contributed by atoms with E-state index in [2.05, 4.69) is 10.6 Å². The van der Waals surface area contributed by atoms with Crippen LogP contribution in [0.1, 0.15) is 44.1 Å². The first-order valence-corrected chi connectivity index (χ1v) is 8.94. The molecule has 0 atom stereocenters. The number of amides is 1. The molecular formula is C19H30N2O3. The fourth-order valence-electron chi connectivity index (χ4n) is 3.17. The largest absolute Gasteiger partial charge is 0.493 e. The van der Waals surface area contributed by atoms with E-state index in [4.69, 9.17) is 9.47 Å². The highest BCUT2D eigenvalue weighted by molar-refractivity contribution is 5.78. The van der Waals surface area contributed by atoms with Gasteiger partial charge in [0.2, 0.25) is 5.91 Å². The van der Waals surface area contributed by atoms with Crippen molar-refractivity contribution in [3.8, 4) is 11.5 Å². The normalized spacial score (nSPS) is 15.6. The fourth-order valence-corrected chi connectivity index (χ4v) is 3.17. The highest BCUT2D eigenvalue weighted by Crippen LogP contribution is 2.27. The van der Waals surface area contributed by atoms with Crippen molar-refractivity contribution in [2.24, 2.45) is 0 Å². The van der Waals surface area contributed by atoms with Crippen molar-refractivity contribution >= 4 is 5.91 Å². The molecule has 24 heavy (non-hydrogen) atoms. The summed E-state index contributed by atoms with van der Waals surface area (Å²) < 4.78 is 10.5. The van der Waals surface area contributed by atoms with Crippen LogP contribution in [0.3, 0.4) is 0 Å². The second kappa shape index (κ2) is 10.2. The monoisotopic (exact) mass is 334 g/mol. The Morgan fingerprint density at radius 1 is 1.08 bits per heavy atom. The Labute approximate surface area is 145 Å². The Balaban J connectivity index is 1.67. The highest BCUT2D eigenvalue weighted by Gasteiger charge is 2.14. The van der Waals surface area contributed by atoms with Gasteiger partial charge in [-0.3, -0.25) is 4.79 Å². The van der Waals surface area contributed by atoms with Gasteiger partial charge in [0.25, 0.3) is 0 Å². The summed E-state index contributed by atoms with van der Waals surface area (Å²) in [7, 11) is 3.27. The summed E-state index contributed by atoms with van der Waals surface area (Å²) in [4.78, 5) is 12.0. The smallest absolute Gasteiger partial charge is 0.234 e. The van der Waals surface area contributed by atoms with E-state index < -0.39 is 0 Å². The maximum Gasteiger partial charge on any atom is 0.234 e. The molecule has 1 amide bonds. The Morgan fingerprint density at radius 3 is 2.46 bits per heavy atom. The lowest BCUT2D eigenvalue weighted by molar-refractivity contribution is -0.121. The molecule has 0 saturated heterocycles. The average molecular weight is 334 g/mol. The lowest BCUT2D eigenvalue weighted by Gasteiger charge is -2.16. The lowest BCUT2D eigenvalue weighted by atomic mass is 10.1. The minimum Gasteiger partial charge on any atom is -0.493 e. The van der Waals surface area contributed by atoms with Gasteiger partial charge < -0.3 is 20.1 Å². The maximum absolute atomic E-state index is 12.0. The highest BCUT2D eigenvalue weighted by atomic mass is 16.5. The van der Waals surface area contributed by atoms with Crippen molar-refractivity contribution in [1.82, 2.24) is 10.6 Å². The minimum atomic E-state index is 0.106. The van der Waals surface area contributed by atoms with Crippen LogP contribution in [0, 0.1) is 0 Å². The molecule has 0 spiro atoms. The molecule has 1 saturated carbocycles. The predicted molar refractivity (Wildman–Crippen MR) is 95.8 cm³/mol. The van der Waals surface area contributed by atoms with Gasteiger partial charge in [-0.2, -0.15) is 0 Å². The van der Waals surface area contributed by atoms with Gasteiger partial charge in [0.05, 0.1) is 20.8 Å². The van der Waals surface area contributed by atoms with E-state index in [1.807, 2.05) is 18.2 Å². The van der Waals surface area contributed by atoms with Gasteiger partial charge in [-0.1, -0.05) is 31.7 Å². The third kappa shape index (κ3) is 6.04. The molecule has 0 unspecified atom stereocenters. The molecule has 2 rings (SSSR count). The Bertz CT molecular complexity index is 511. The van der Waals surface area contributed by atoms with Crippen LogP contribution in [0.5, 0.6) is 11.5 Å². The van der Waals surface area contributed by atoms with Crippen LogP contribution in [0.4, 0.5) is 0 Å². The number of rotatable bonds is 8. The first-order valence-electron chi connectivity index (χ1n) is 8.94. The first-order chi connectivity index (χ1) is 11.7. The van der Waals surface area contributed by atoms with Crippen LogP contribution >= 0.6 is 0 Å². The number of hydrogen-bond donors (Lipinski definition) is 2. The van der Waals surface area contributed by atoms with Crippen LogP contribution in [-0.2, 0) is 11.2 Å². The summed E-state index contributed by atoms with van der Waals surface area (Å²) in [5.74, 6) is 1.58. The maximum atomic E-state index is 12.0. The zero-order valence-electron chi connectivity index (χ0n) is 14.9. The van der Waals surface area contributed by atoms with Gasteiger partial charge in [0.1, 0.15) is 0 Å². The molecule has 0 radical (unpaired) electrons. The topological polar surface area (TPSA) is 59.6 Å². The van der Waals surface area contributed by atoms with Crippen molar-refractivity contribution in [2.45, 2.75) is 51.0 Å². The SMILES string of the molecule is COc1ccc(CCNCC(=O)NC2CCCCCC2)cc1OC. The van der Waals surface area contributed by atoms with E-state index in [1.54, 1.807) is 14.2 Å². The predicted octanol–water partition coefficient (Wildman–Crippen LogP) is 2.67. The first kappa shape index (κ1) is 18.6. The van der Waals surface area contributed by atoms with Crippen LogP contribution in [0.25, 0.3) is 0 Å². The second-order valence-corrected chi connectivity index (χ2v) is 6.37. The summed E-state index contributed by atoms with van der Waals surface area (Å²) in [6.45, 7) is 1.14. The van der Waals surface area contributed by atoms with Gasteiger partial charge in [0.15, 0.2) is 11.5 Å². The van der Waals surface area contributed by atoms with Gasteiger partial charge in [0, 0.05) is 6.04 Å². The quantitative estimate of drug-likeness (QED) is 0.567. The molecule has 1 aliphatic carbocycles. The fraction of sp³-hybridized carbons (Fsp3) is 0.632. The van der Waals surface area contributed by atoms with E-state index >= 15 is 0 Å². The number of carbonyl (C=O) groups is 1. The van der Waals surface area contributed by atoms with E-state index in [9.17, 15) is 4.79 Å². The summed E-state index contributed by atoms with van der Waals surface area (Å²) in [6, 6.07) is 6.28. The summed E-state index contributed by atoms with van der Waals surface area (Å²) in [5.41, 5.74) is 1.16. The molecule has 0 heterocycles. The van der Waals surface area contributed by atoms with E-state index in [0.717, 1.165) is 42.9 Å². The molecule has 1 fully saturated rings. The van der Waals surface area contributed by atoms with Crippen molar-refractivity contribution in [1.29, 1.82) is 0 Å². The van der Waals surface area contributed by atoms with E-state index in [1.165, 1.54) is 25.7 Å². The number of nitrogens with one attached hydrogen (secondary N) is 2. The molecule has 2 N–H and O–H groups in total. The molecule has 0 bridgehead atoms. The third-order valence-electron chi connectivity index (χ3n) is 4.54. The van der Waals surface area contributed by atoms with E-state index in [0.29, 0.717) is 12.6 Å². The number of hydrogen-bond acceptors (Lipinski definition) is 4. The van der Waals surface area contributed by atoms with E-state index in [-0.39, 0.29) is 5.91 Å². The average Bonchev–Trinajstić information content (AvgIpc) is 2.87. The number of benzene rings is 1. The van der Waals surface area contributed by atoms with Gasteiger partial charge in [-0.15, -0.1) is 0 Å². The van der Waals surface area contributed by atoms with Crippen LogP contribution in [0.2, 0.25) is 0 Å². The Hall–Kier alpha value is -1.75. The van der Waals surface area contributed by atoms with Gasteiger partial charge in [-0.05, 0) is 43.5 Å². The van der Waals surface area contributed by atoms with Crippen LogP contribution in [-0.4, -0.2) is 39.3 Å². The van der Waals surface area contributed by atoms with Gasteiger partial charge in [-0.25, -0.2) is 0 Å². The second-order valence-electron chi connectivity index (χ2n) is 6.37. The van der Waals surface area contributed by atoms with Crippen LogP contribution in [0.15, 0.2) is 18.2 Å². The van der Waals surface area contributed by atoms with Crippen molar-refractivity contribution in [3.63, 3.8) is 0 Å².